The van der Waals surface area contributed by atoms with E-state index in [1.54, 1.807) is 13.0 Å². The molecule has 0 radical (unpaired) electrons. The summed E-state index contributed by atoms with van der Waals surface area (Å²) in [5.74, 6) is -1.91. The lowest BCUT2D eigenvalue weighted by Crippen LogP contribution is -2.43. The molecule has 1 fully saturated rings. The van der Waals surface area contributed by atoms with Crippen LogP contribution < -0.4 is 5.73 Å². The van der Waals surface area contributed by atoms with Crippen molar-refractivity contribution in [2.24, 2.45) is 5.73 Å². The molecule has 0 atom stereocenters. The van der Waals surface area contributed by atoms with E-state index in [2.05, 4.69) is 5.16 Å². The van der Waals surface area contributed by atoms with Gasteiger partial charge in [-0.1, -0.05) is 5.16 Å². The van der Waals surface area contributed by atoms with Gasteiger partial charge in [-0.05, 0) is 19.8 Å². The minimum absolute atomic E-state index is 0.171. The van der Waals surface area contributed by atoms with Crippen LogP contribution in [0.5, 0.6) is 0 Å². The summed E-state index contributed by atoms with van der Waals surface area (Å²) in [6, 6.07) is 1.73. The highest BCUT2D eigenvalue weighted by Gasteiger charge is 2.43. The van der Waals surface area contributed by atoms with Gasteiger partial charge in [0.1, 0.15) is 11.5 Å². The first-order chi connectivity index (χ1) is 6.91. The molecule has 1 heterocycles. The summed E-state index contributed by atoms with van der Waals surface area (Å²) < 4.78 is 30.9. The zero-order valence-electron chi connectivity index (χ0n) is 8.59. The molecule has 1 saturated carbocycles. The van der Waals surface area contributed by atoms with Crippen molar-refractivity contribution in [2.45, 2.75) is 44.1 Å². The molecular formula is C10H14F2N2O. The number of nitrogens with two attached hydrogens (primary N) is 1. The van der Waals surface area contributed by atoms with Gasteiger partial charge in [-0.15, -0.1) is 0 Å². The fraction of sp³-hybridized carbons (Fsp3) is 0.700. The van der Waals surface area contributed by atoms with Crippen molar-refractivity contribution >= 4 is 0 Å². The molecule has 0 amide bonds. The van der Waals surface area contributed by atoms with Crippen LogP contribution in [0.3, 0.4) is 0 Å². The van der Waals surface area contributed by atoms with E-state index in [9.17, 15) is 8.78 Å². The van der Waals surface area contributed by atoms with Crippen molar-refractivity contribution in [3.8, 4) is 0 Å². The molecule has 1 aliphatic rings. The summed E-state index contributed by atoms with van der Waals surface area (Å²) in [4.78, 5) is 0. The molecule has 0 aromatic carbocycles. The summed E-state index contributed by atoms with van der Waals surface area (Å²) in [6.07, 6.45) is 0.169. The zero-order valence-corrected chi connectivity index (χ0v) is 8.59. The first-order valence-electron chi connectivity index (χ1n) is 5.02. The number of hydrogen-bond donors (Lipinski definition) is 1. The van der Waals surface area contributed by atoms with Crippen LogP contribution in [-0.2, 0) is 5.54 Å². The van der Waals surface area contributed by atoms with Crippen molar-refractivity contribution < 1.29 is 13.3 Å². The average molecular weight is 216 g/mol. The molecular weight excluding hydrogens is 202 g/mol. The predicted octanol–water partition coefficient (Wildman–Crippen LogP) is 2.35. The summed E-state index contributed by atoms with van der Waals surface area (Å²) in [5, 5.41) is 3.81. The summed E-state index contributed by atoms with van der Waals surface area (Å²) in [6.45, 7) is 1.76. The second-order valence-corrected chi connectivity index (χ2v) is 4.33. The Morgan fingerprint density at radius 3 is 2.40 bits per heavy atom. The van der Waals surface area contributed by atoms with E-state index in [4.69, 9.17) is 10.3 Å². The zero-order chi connectivity index (χ0) is 11.1. The first kappa shape index (κ1) is 10.5. The van der Waals surface area contributed by atoms with Crippen LogP contribution >= 0.6 is 0 Å². The number of rotatable bonds is 1. The van der Waals surface area contributed by atoms with Crippen LogP contribution in [0.2, 0.25) is 0 Å². The number of halogens is 2. The van der Waals surface area contributed by atoms with Crippen LogP contribution in [0.1, 0.15) is 37.1 Å². The van der Waals surface area contributed by atoms with Crippen molar-refractivity contribution in [3.63, 3.8) is 0 Å². The van der Waals surface area contributed by atoms with Crippen molar-refractivity contribution in [1.82, 2.24) is 5.16 Å². The normalized spacial score (nSPS) is 24.0. The molecule has 1 aromatic rings. The maximum atomic E-state index is 13.0. The van der Waals surface area contributed by atoms with E-state index >= 15 is 0 Å². The molecule has 3 nitrogen and oxygen atoms in total. The van der Waals surface area contributed by atoms with Gasteiger partial charge in [-0.3, -0.25) is 0 Å². The van der Waals surface area contributed by atoms with Crippen LogP contribution in [-0.4, -0.2) is 11.1 Å². The van der Waals surface area contributed by atoms with Crippen molar-refractivity contribution in [3.05, 3.63) is 17.5 Å². The fourth-order valence-electron chi connectivity index (χ4n) is 1.92. The Bertz CT molecular complexity index is 352. The molecule has 0 spiro atoms. The van der Waals surface area contributed by atoms with E-state index in [0.29, 0.717) is 11.5 Å². The average Bonchev–Trinajstić information content (AvgIpc) is 2.59. The van der Waals surface area contributed by atoms with Crippen LogP contribution in [0.4, 0.5) is 8.78 Å². The summed E-state index contributed by atoms with van der Waals surface area (Å²) >= 11 is 0. The molecule has 5 heteroatoms. The van der Waals surface area contributed by atoms with E-state index in [1.807, 2.05) is 0 Å². The Hall–Kier alpha value is -0.970. The highest BCUT2D eigenvalue weighted by atomic mass is 19.3. The third kappa shape index (κ3) is 2.02. The van der Waals surface area contributed by atoms with E-state index < -0.39 is 11.5 Å². The van der Waals surface area contributed by atoms with Gasteiger partial charge in [0.2, 0.25) is 5.92 Å². The molecule has 1 aliphatic carbocycles. The number of aryl methyl sites for hydroxylation is 1. The lowest BCUT2D eigenvalue weighted by Gasteiger charge is -2.35. The topological polar surface area (TPSA) is 52.0 Å². The fourth-order valence-corrected chi connectivity index (χ4v) is 1.92. The minimum Gasteiger partial charge on any atom is -0.361 e. The minimum atomic E-state index is -2.57. The number of hydrogen-bond acceptors (Lipinski definition) is 3. The number of nitrogens with zero attached hydrogens (tertiary/aromatic N) is 1. The lowest BCUT2D eigenvalue weighted by atomic mass is 9.78. The second-order valence-electron chi connectivity index (χ2n) is 4.33. The van der Waals surface area contributed by atoms with Gasteiger partial charge in [0.15, 0.2) is 0 Å². The van der Waals surface area contributed by atoms with Gasteiger partial charge in [0.25, 0.3) is 0 Å². The molecule has 1 aromatic heterocycles. The maximum Gasteiger partial charge on any atom is 0.248 e. The van der Waals surface area contributed by atoms with E-state index in [1.165, 1.54) is 0 Å². The predicted molar refractivity (Wildman–Crippen MR) is 50.5 cm³/mol. The largest absolute Gasteiger partial charge is 0.361 e. The molecule has 84 valence electrons. The Morgan fingerprint density at radius 2 is 1.93 bits per heavy atom. The molecule has 0 saturated heterocycles. The smallest absolute Gasteiger partial charge is 0.248 e. The standard InChI is InChI=1S/C10H14F2N2O/c1-7-6-8(14-15-7)9(13)2-4-10(11,12)5-3-9/h6H,2-5,13H2,1H3. The molecule has 2 N–H and O–H groups in total. The Morgan fingerprint density at radius 1 is 1.33 bits per heavy atom. The highest BCUT2D eigenvalue weighted by molar-refractivity contribution is 5.16. The third-order valence-electron chi connectivity index (χ3n) is 3.01. The van der Waals surface area contributed by atoms with Gasteiger partial charge in [-0.25, -0.2) is 8.78 Å². The van der Waals surface area contributed by atoms with Gasteiger partial charge in [0, 0.05) is 18.9 Å². The van der Waals surface area contributed by atoms with Gasteiger partial charge in [0.05, 0.1) is 5.54 Å². The first-order valence-corrected chi connectivity index (χ1v) is 5.02. The van der Waals surface area contributed by atoms with E-state index in [-0.39, 0.29) is 25.7 Å². The molecule has 0 bridgehead atoms. The van der Waals surface area contributed by atoms with Crippen LogP contribution in [0.25, 0.3) is 0 Å². The monoisotopic (exact) mass is 216 g/mol. The molecule has 0 unspecified atom stereocenters. The summed E-state index contributed by atoms with van der Waals surface area (Å²) in [5.41, 5.74) is 5.92. The molecule has 0 aliphatic heterocycles. The lowest BCUT2D eigenvalue weighted by molar-refractivity contribution is -0.0522. The van der Waals surface area contributed by atoms with Crippen LogP contribution in [0, 0.1) is 6.92 Å². The van der Waals surface area contributed by atoms with Gasteiger partial charge in [-0.2, -0.15) is 0 Å². The molecule has 15 heavy (non-hydrogen) atoms. The van der Waals surface area contributed by atoms with Crippen molar-refractivity contribution in [2.75, 3.05) is 0 Å². The van der Waals surface area contributed by atoms with E-state index in [0.717, 1.165) is 0 Å². The van der Waals surface area contributed by atoms with Gasteiger partial charge >= 0.3 is 0 Å². The third-order valence-corrected chi connectivity index (χ3v) is 3.01. The number of alkyl halides is 2. The highest BCUT2D eigenvalue weighted by Crippen LogP contribution is 2.41. The van der Waals surface area contributed by atoms with Gasteiger partial charge < -0.3 is 10.3 Å². The quantitative estimate of drug-likeness (QED) is 0.783. The maximum absolute atomic E-state index is 13.0. The number of aromatic nitrogens is 1. The Balaban J connectivity index is 2.16. The second kappa shape index (κ2) is 3.27. The SMILES string of the molecule is Cc1cc(C2(N)CCC(F)(F)CC2)no1. The molecule has 2 rings (SSSR count). The van der Waals surface area contributed by atoms with Crippen LogP contribution in [0.15, 0.2) is 10.6 Å². The summed E-state index contributed by atoms with van der Waals surface area (Å²) in [7, 11) is 0. The Labute approximate surface area is 86.6 Å². The van der Waals surface area contributed by atoms with Crippen molar-refractivity contribution in [1.29, 1.82) is 0 Å². The Kier molecular flexibility index (Phi) is 2.30.